The first-order valence-electron chi connectivity index (χ1n) is 11.7. The number of amides is 1. The second-order valence-electron chi connectivity index (χ2n) is 8.40. The summed E-state index contributed by atoms with van der Waals surface area (Å²) >= 11 is 0. The molecule has 1 aliphatic heterocycles. The topological polar surface area (TPSA) is 66.0 Å². The number of terminal acetylenes is 1. The molecule has 1 amide bonds. The molecule has 2 fully saturated rings. The molecular formula is C25H36N4O2. The lowest BCUT2D eigenvalue weighted by Crippen LogP contribution is -2.45. The van der Waals surface area contributed by atoms with Crippen molar-refractivity contribution < 1.29 is 9.53 Å². The Morgan fingerprint density at radius 3 is 2.71 bits per heavy atom. The quantitative estimate of drug-likeness (QED) is 0.383. The van der Waals surface area contributed by atoms with Crippen LogP contribution in [0.5, 0.6) is 5.75 Å². The van der Waals surface area contributed by atoms with Crippen LogP contribution in [-0.4, -0.2) is 55.6 Å². The fraction of sp³-hybridized carbons (Fsp3) is 0.600. The van der Waals surface area contributed by atoms with Crippen LogP contribution in [-0.2, 0) is 11.2 Å². The van der Waals surface area contributed by atoms with Crippen LogP contribution in [0.1, 0.15) is 51.0 Å². The van der Waals surface area contributed by atoms with E-state index < -0.39 is 0 Å². The molecule has 31 heavy (non-hydrogen) atoms. The molecule has 0 aromatic heterocycles. The maximum absolute atomic E-state index is 12.8. The highest BCUT2D eigenvalue weighted by Crippen LogP contribution is 2.26. The number of hydrogen-bond donors (Lipinski definition) is 2. The third-order valence-corrected chi connectivity index (χ3v) is 6.06. The fourth-order valence-electron chi connectivity index (χ4n) is 4.37. The third-order valence-electron chi connectivity index (χ3n) is 6.06. The average molecular weight is 425 g/mol. The second-order valence-corrected chi connectivity index (χ2v) is 8.40. The molecule has 0 spiro atoms. The van der Waals surface area contributed by atoms with Crippen molar-refractivity contribution in [1.29, 1.82) is 0 Å². The first-order chi connectivity index (χ1) is 15.2. The Kier molecular flexibility index (Phi) is 9.08. The summed E-state index contributed by atoms with van der Waals surface area (Å²) in [5.41, 5.74) is 1.21. The third kappa shape index (κ3) is 7.20. The molecule has 1 unspecified atom stereocenters. The number of ether oxygens (including phenoxy) is 1. The molecule has 1 saturated heterocycles. The molecule has 2 N–H and O–H groups in total. The summed E-state index contributed by atoms with van der Waals surface area (Å²) in [5, 5.41) is 6.86. The zero-order chi connectivity index (χ0) is 21.9. The Labute approximate surface area is 186 Å². The van der Waals surface area contributed by atoms with Gasteiger partial charge in [-0.1, -0.05) is 37.3 Å². The van der Waals surface area contributed by atoms with Crippen LogP contribution in [0, 0.1) is 18.3 Å². The van der Waals surface area contributed by atoms with E-state index in [0.717, 1.165) is 57.0 Å². The van der Waals surface area contributed by atoms with Gasteiger partial charge in [-0.3, -0.25) is 9.79 Å². The number of likely N-dealkylation sites (tertiary alicyclic amines) is 1. The average Bonchev–Trinajstić information content (AvgIpc) is 3.27. The highest BCUT2D eigenvalue weighted by atomic mass is 16.5. The van der Waals surface area contributed by atoms with Crippen molar-refractivity contribution >= 4 is 11.9 Å². The van der Waals surface area contributed by atoms with E-state index in [1.54, 1.807) is 0 Å². The summed E-state index contributed by atoms with van der Waals surface area (Å²) < 4.78 is 5.41. The molecule has 6 nitrogen and oxygen atoms in total. The highest BCUT2D eigenvalue weighted by Gasteiger charge is 2.31. The minimum absolute atomic E-state index is 0.248. The standard InChI is InChI=1S/C25H36N4O2/c1-3-18-31-23-12-10-20(11-13-23)14-16-27-25(26-4-2)28-22-15-17-29(19-22)24(30)21-8-6-5-7-9-21/h1,10-13,21-22H,4-9,14-19H2,2H3,(H2,26,27,28). The molecule has 168 valence electrons. The van der Waals surface area contributed by atoms with Crippen LogP contribution in [0.25, 0.3) is 0 Å². The molecule has 1 saturated carbocycles. The summed E-state index contributed by atoms with van der Waals surface area (Å²) in [5.74, 6) is 4.69. The molecule has 6 heteroatoms. The fourth-order valence-corrected chi connectivity index (χ4v) is 4.37. The minimum Gasteiger partial charge on any atom is -0.481 e. The largest absolute Gasteiger partial charge is 0.481 e. The van der Waals surface area contributed by atoms with Crippen LogP contribution in [0.2, 0.25) is 0 Å². The van der Waals surface area contributed by atoms with E-state index in [1.165, 1.54) is 24.8 Å². The number of carbonyl (C=O) groups is 1. The minimum atomic E-state index is 0.248. The van der Waals surface area contributed by atoms with Gasteiger partial charge in [0, 0.05) is 38.1 Å². The summed E-state index contributed by atoms with van der Waals surface area (Å²) in [6.45, 7) is 5.48. The lowest BCUT2D eigenvalue weighted by Gasteiger charge is -2.26. The molecule has 1 aromatic rings. The van der Waals surface area contributed by atoms with Crippen molar-refractivity contribution in [2.75, 3.05) is 32.8 Å². The van der Waals surface area contributed by atoms with Gasteiger partial charge >= 0.3 is 0 Å². The van der Waals surface area contributed by atoms with Gasteiger partial charge in [0.05, 0.1) is 0 Å². The molecule has 0 bridgehead atoms. The maximum Gasteiger partial charge on any atom is 0.225 e. The van der Waals surface area contributed by atoms with E-state index in [2.05, 4.69) is 28.4 Å². The number of nitrogens with one attached hydrogen (secondary N) is 2. The zero-order valence-electron chi connectivity index (χ0n) is 18.7. The van der Waals surface area contributed by atoms with Crippen LogP contribution < -0.4 is 15.4 Å². The predicted molar refractivity (Wildman–Crippen MR) is 125 cm³/mol. The van der Waals surface area contributed by atoms with Crippen molar-refractivity contribution in [2.45, 2.75) is 57.9 Å². The number of carbonyl (C=O) groups excluding carboxylic acids is 1. The van der Waals surface area contributed by atoms with Gasteiger partial charge in [0.2, 0.25) is 5.91 Å². The predicted octanol–water partition coefficient (Wildman–Crippen LogP) is 2.98. The van der Waals surface area contributed by atoms with E-state index in [1.807, 2.05) is 24.3 Å². The van der Waals surface area contributed by atoms with Crippen molar-refractivity contribution in [2.24, 2.45) is 10.9 Å². The van der Waals surface area contributed by atoms with Gasteiger partial charge in [-0.15, -0.1) is 6.42 Å². The number of hydrogen-bond acceptors (Lipinski definition) is 3. The van der Waals surface area contributed by atoms with Gasteiger partial charge in [-0.25, -0.2) is 0 Å². The lowest BCUT2D eigenvalue weighted by molar-refractivity contribution is -0.135. The van der Waals surface area contributed by atoms with E-state index in [-0.39, 0.29) is 18.6 Å². The Morgan fingerprint density at radius 2 is 2.00 bits per heavy atom. The first-order valence-corrected chi connectivity index (χ1v) is 11.7. The Morgan fingerprint density at radius 1 is 1.23 bits per heavy atom. The van der Waals surface area contributed by atoms with Crippen LogP contribution in [0.4, 0.5) is 0 Å². The van der Waals surface area contributed by atoms with Gasteiger partial charge in [-0.05, 0) is 50.3 Å². The Balaban J connectivity index is 1.46. The summed E-state index contributed by atoms with van der Waals surface area (Å²) in [7, 11) is 0. The molecule has 1 atom stereocenters. The first kappa shape index (κ1) is 23.0. The molecule has 1 aromatic carbocycles. The maximum atomic E-state index is 12.8. The molecule has 1 heterocycles. The van der Waals surface area contributed by atoms with Gasteiger partial charge in [0.1, 0.15) is 12.4 Å². The van der Waals surface area contributed by atoms with Gasteiger partial charge < -0.3 is 20.3 Å². The SMILES string of the molecule is C#CCOc1ccc(CCN=C(NCC)NC2CCN(C(=O)C3CCCCC3)C2)cc1. The smallest absolute Gasteiger partial charge is 0.225 e. The van der Waals surface area contributed by atoms with Crippen molar-refractivity contribution in [3.63, 3.8) is 0 Å². The van der Waals surface area contributed by atoms with Crippen LogP contribution >= 0.6 is 0 Å². The Bertz CT molecular complexity index is 763. The highest BCUT2D eigenvalue weighted by molar-refractivity contribution is 5.81. The number of benzene rings is 1. The number of aliphatic imine (C=N–C) groups is 1. The molecular weight excluding hydrogens is 388 g/mol. The van der Waals surface area contributed by atoms with Crippen molar-refractivity contribution in [3.05, 3.63) is 29.8 Å². The van der Waals surface area contributed by atoms with Crippen molar-refractivity contribution in [1.82, 2.24) is 15.5 Å². The summed E-state index contributed by atoms with van der Waals surface area (Å²) in [4.78, 5) is 19.6. The van der Waals surface area contributed by atoms with Crippen LogP contribution in [0.3, 0.4) is 0 Å². The monoisotopic (exact) mass is 424 g/mol. The van der Waals surface area contributed by atoms with Gasteiger partial charge in [0.25, 0.3) is 0 Å². The van der Waals surface area contributed by atoms with Gasteiger partial charge in [-0.2, -0.15) is 0 Å². The Hall–Kier alpha value is -2.68. The molecule has 2 aliphatic rings. The number of rotatable bonds is 8. The summed E-state index contributed by atoms with van der Waals surface area (Å²) in [6.07, 6.45) is 12.8. The van der Waals surface area contributed by atoms with E-state index >= 15 is 0 Å². The molecule has 3 rings (SSSR count). The van der Waals surface area contributed by atoms with E-state index in [4.69, 9.17) is 16.2 Å². The van der Waals surface area contributed by atoms with Crippen LogP contribution in [0.15, 0.2) is 29.3 Å². The normalized spacial score (nSPS) is 19.7. The number of nitrogens with zero attached hydrogens (tertiary/aromatic N) is 2. The van der Waals surface area contributed by atoms with Gasteiger partial charge in [0.15, 0.2) is 5.96 Å². The molecule has 0 radical (unpaired) electrons. The van der Waals surface area contributed by atoms with E-state index in [0.29, 0.717) is 12.5 Å². The number of guanidine groups is 1. The van der Waals surface area contributed by atoms with E-state index in [9.17, 15) is 4.79 Å². The summed E-state index contributed by atoms with van der Waals surface area (Å²) in [6, 6.07) is 8.24. The second kappa shape index (κ2) is 12.2. The zero-order valence-corrected chi connectivity index (χ0v) is 18.7. The molecule has 1 aliphatic carbocycles. The lowest BCUT2D eigenvalue weighted by atomic mass is 9.88. The van der Waals surface area contributed by atoms with Crippen molar-refractivity contribution in [3.8, 4) is 18.1 Å².